The van der Waals surface area contributed by atoms with Crippen molar-refractivity contribution in [3.8, 4) is 5.75 Å². The molecule has 0 spiro atoms. The number of rotatable bonds is 10. The van der Waals surface area contributed by atoms with E-state index in [1.54, 1.807) is 4.68 Å². The highest BCUT2D eigenvalue weighted by atomic mass is 35.5. The van der Waals surface area contributed by atoms with Gasteiger partial charge < -0.3 is 14.8 Å². The van der Waals surface area contributed by atoms with E-state index in [0.29, 0.717) is 46.4 Å². The number of benzene rings is 2. The van der Waals surface area contributed by atoms with E-state index < -0.39 is 6.04 Å². The molecule has 1 aliphatic heterocycles. The predicted molar refractivity (Wildman–Crippen MR) is 139 cm³/mol. The Labute approximate surface area is 214 Å². The number of esters is 1. The van der Waals surface area contributed by atoms with Crippen LogP contribution in [0.3, 0.4) is 0 Å². The highest BCUT2D eigenvalue weighted by Crippen LogP contribution is 2.37. The first-order valence-corrected chi connectivity index (χ1v) is 13.1. The fourth-order valence-electron chi connectivity index (χ4n) is 3.82. The second-order valence-corrected chi connectivity index (χ2v) is 9.45. The number of fused-ring (bicyclic) bond motifs is 1. The molecule has 1 unspecified atom stereocenters. The van der Waals surface area contributed by atoms with Gasteiger partial charge in [-0.15, -0.1) is 5.10 Å². The van der Waals surface area contributed by atoms with Crippen LogP contribution in [-0.2, 0) is 15.3 Å². The number of carbonyl (C=O) groups excluding carboxylic acids is 1. The van der Waals surface area contributed by atoms with Gasteiger partial charge in [-0.25, -0.2) is 9.48 Å². The molecule has 0 radical (unpaired) electrons. The molecule has 0 saturated heterocycles. The third kappa shape index (κ3) is 5.82. The number of carbonyl (C=O) groups is 1. The van der Waals surface area contributed by atoms with E-state index in [2.05, 4.69) is 17.2 Å². The van der Waals surface area contributed by atoms with Crippen molar-refractivity contribution in [2.75, 3.05) is 18.5 Å². The molecule has 0 bridgehead atoms. The van der Waals surface area contributed by atoms with Crippen LogP contribution in [-0.4, -0.2) is 33.9 Å². The van der Waals surface area contributed by atoms with Gasteiger partial charge in [0.2, 0.25) is 11.1 Å². The molecular formula is C26H29ClN4O3S. The minimum atomic E-state index is -0.474. The highest BCUT2D eigenvalue weighted by molar-refractivity contribution is 7.98. The zero-order valence-corrected chi connectivity index (χ0v) is 21.7. The normalized spacial score (nSPS) is 14.9. The van der Waals surface area contributed by atoms with Crippen molar-refractivity contribution < 1.29 is 14.3 Å². The van der Waals surface area contributed by atoms with E-state index in [0.717, 1.165) is 29.7 Å². The lowest BCUT2D eigenvalue weighted by atomic mass is 9.96. The molecule has 35 heavy (non-hydrogen) atoms. The number of aromatic nitrogens is 3. The minimum Gasteiger partial charge on any atom is -0.494 e. The Morgan fingerprint density at radius 2 is 1.94 bits per heavy atom. The molecule has 0 fully saturated rings. The maximum atomic E-state index is 13.2. The Morgan fingerprint density at radius 3 is 2.66 bits per heavy atom. The predicted octanol–water partition coefficient (Wildman–Crippen LogP) is 6.25. The van der Waals surface area contributed by atoms with Crippen LogP contribution in [0.25, 0.3) is 0 Å². The zero-order valence-electron chi connectivity index (χ0n) is 20.1. The van der Waals surface area contributed by atoms with E-state index in [1.807, 2.05) is 62.4 Å². The third-order valence-electron chi connectivity index (χ3n) is 5.61. The van der Waals surface area contributed by atoms with Crippen LogP contribution in [0.2, 0.25) is 5.02 Å². The zero-order chi connectivity index (χ0) is 24.8. The molecule has 4 rings (SSSR count). The molecule has 1 atom stereocenters. The van der Waals surface area contributed by atoms with Gasteiger partial charge in [-0.05, 0) is 49.6 Å². The average Bonchev–Trinajstić information content (AvgIpc) is 3.26. The molecule has 1 aliphatic rings. The number of anilines is 1. The Hall–Kier alpha value is -2.97. The fourth-order valence-corrected chi connectivity index (χ4v) is 4.94. The number of hydrogen-bond acceptors (Lipinski definition) is 7. The van der Waals surface area contributed by atoms with Crippen LogP contribution in [0.4, 0.5) is 5.95 Å². The van der Waals surface area contributed by atoms with Crippen molar-refractivity contribution in [2.24, 2.45) is 0 Å². The van der Waals surface area contributed by atoms with Crippen LogP contribution < -0.4 is 10.1 Å². The summed E-state index contributed by atoms with van der Waals surface area (Å²) in [5, 5.41) is 9.32. The van der Waals surface area contributed by atoms with Crippen molar-refractivity contribution in [2.45, 2.75) is 50.6 Å². The highest BCUT2D eigenvalue weighted by Gasteiger charge is 2.35. The van der Waals surface area contributed by atoms with Crippen molar-refractivity contribution >= 4 is 35.3 Å². The molecule has 0 aliphatic carbocycles. The molecule has 2 aromatic carbocycles. The van der Waals surface area contributed by atoms with E-state index in [9.17, 15) is 4.79 Å². The first-order chi connectivity index (χ1) is 17.0. The van der Waals surface area contributed by atoms with Crippen molar-refractivity contribution in [3.63, 3.8) is 0 Å². The monoisotopic (exact) mass is 512 g/mol. The topological polar surface area (TPSA) is 78.3 Å². The van der Waals surface area contributed by atoms with Gasteiger partial charge in [-0.1, -0.05) is 67.0 Å². The second-order valence-electron chi connectivity index (χ2n) is 8.10. The number of nitrogens with one attached hydrogen (secondary N) is 1. The van der Waals surface area contributed by atoms with Crippen LogP contribution >= 0.6 is 23.4 Å². The quantitative estimate of drug-likeness (QED) is 0.195. The molecule has 3 aromatic rings. The van der Waals surface area contributed by atoms with Crippen LogP contribution in [0.5, 0.6) is 5.75 Å². The fraction of sp³-hybridized carbons (Fsp3) is 0.346. The smallest absolute Gasteiger partial charge is 0.338 e. The number of allylic oxidation sites excluding steroid dienone is 1. The Kier molecular flexibility index (Phi) is 8.36. The average molecular weight is 513 g/mol. The Morgan fingerprint density at radius 1 is 1.17 bits per heavy atom. The minimum absolute atomic E-state index is 0.353. The van der Waals surface area contributed by atoms with Gasteiger partial charge in [0.1, 0.15) is 11.8 Å². The molecule has 0 saturated carbocycles. The van der Waals surface area contributed by atoms with Gasteiger partial charge in [-0.2, -0.15) is 4.98 Å². The second kappa shape index (κ2) is 11.6. The van der Waals surface area contributed by atoms with Gasteiger partial charge in [0.25, 0.3) is 0 Å². The van der Waals surface area contributed by atoms with Crippen LogP contribution in [0.1, 0.15) is 50.8 Å². The molecule has 1 aromatic heterocycles. The number of ether oxygens (including phenoxy) is 2. The summed E-state index contributed by atoms with van der Waals surface area (Å²) in [5.74, 6) is 1.63. The standard InChI is InChI=1S/C26H29ClN4O3S/c1-4-6-15-34-24(32)22-17(3)28-25-29-26(35-16-19-9-7-8-10-21(19)27)30-31(25)23(22)18-11-13-20(14-12-18)33-5-2/h7-14,23H,4-6,15-16H2,1-3H3,(H,28,29,30). The first-order valence-electron chi connectivity index (χ1n) is 11.7. The van der Waals surface area contributed by atoms with Gasteiger partial charge in [0.15, 0.2) is 0 Å². The van der Waals surface area contributed by atoms with E-state index >= 15 is 0 Å². The number of thioether (sulfide) groups is 1. The van der Waals surface area contributed by atoms with Gasteiger partial charge in [0, 0.05) is 16.5 Å². The first kappa shape index (κ1) is 25.1. The number of hydrogen-bond donors (Lipinski definition) is 1. The van der Waals surface area contributed by atoms with Crippen molar-refractivity contribution in [1.29, 1.82) is 0 Å². The summed E-state index contributed by atoms with van der Waals surface area (Å²) < 4.78 is 13.0. The molecular weight excluding hydrogens is 484 g/mol. The summed E-state index contributed by atoms with van der Waals surface area (Å²) in [6.45, 7) is 6.84. The molecule has 2 heterocycles. The maximum Gasteiger partial charge on any atom is 0.338 e. The van der Waals surface area contributed by atoms with Gasteiger partial charge in [-0.3, -0.25) is 0 Å². The van der Waals surface area contributed by atoms with E-state index in [4.69, 9.17) is 26.2 Å². The number of halogens is 1. The molecule has 0 amide bonds. The van der Waals surface area contributed by atoms with E-state index in [-0.39, 0.29) is 5.97 Å². The maximum absolute atomic E-state index is 13.2. The Bertz CT molecular complexity index is 1210. The van der Waals surface area contributed by atoms with Crippen molar-refractivity contribution in [1.82, 2.24) is 14.8 Å². The number of nitrogens with zero attached hydrogens (tertiary/aromatic N) is 3. The molecule has 1 N–H and O–H groups in total. The van der Waals surface area contributed by atoms with Crippen LogP contribution in [0.15, 0.2) is 65.0 Å². The van der Waals surface area contributed by atoms with Gasteiger partial charge in [0.05, 0.1) is 18.8 Å². The Balaban J connectivity index is 1.66. The summed E-state index contributed by atoms with van der Waals surface area (Å²) in [6.07, 6.45) is 1.77. The van der Waals surface area contributed by atoms with Crippen molar-refractivity contribution in [3.05, 3.63) is 76.0 Å². The lowest BCUT2D eigenvalue weighted by Crippen LogP contribution is -2.29. The summed E-state index contributed by atoms with van der Waals surface area (Å²) >= 11 is 7.81. The lowest BCUT2D eigenvalue weighted by Gasteiger charge is -2.28. The third-order valence-corrected chi connectivity index (χ3v) is 6.86. The summed E-state index contributed by atoms with van der Waals surface area (Å²) in [7, 11) is 0. The van der Waals surface area contributed by atoms with Crippen LogP contribution in [0, 0.1) is 0 Å². The summed E-state index contributed by atoms with van der Waals surface area (Å²) in [5.41, 5.74) is 3.13. The lowest BCUT2D eigenvalue weighted by molar-refractivity contribution is -0.139. The largest absolute Gasteiger partial charge is 0.494 e. The molecule has 184 valence electrons. The molecule has 7 nitrogen and oxygen atoms in total. The SMILES string of the molecule is CCCCOC(=O)C1=C(C)Nc2nc(SCc3ccccc3Cl)nn2C1c1ccc(OCC)cc1. The molecule has 9 heteroatoms. The van der Waals surface area contributed by atoms with Gasteiger partial charge >= 0.3 is 5.97 Å². The number of unbranched alkanes of at least 4 members (excludes halogenated alkanes) is 1. The summed E-state index contributed by atoms with van der Waals surface area (Å²) in [6, 6.07) is 15.0. The van der Waals surface area contributed by atoms with E-state index in [1.165, 1.54) is 11.8 Å². The summed E-state index contributed by atoms with van der Waals surface area (Å²) in [4.78, 5) is 17.9.